The Bertz CT molecular complexity index is 192. The first-order chi connectivity index (χ1) is 6.50. The summed E-state index contributed by atoms with van der Waals surface area (Å²) in [5.74, 6) is 0. The molecule has 0 spiro atoms. The molecule has 0 unspecified atom stereocenters. The maximum Gasteiger partial charge on any atom is -0.0313 e. The summed E-state index contributed by atoms with van der Waals surface area (Å²) in [5.41, 5.74) is 0. The third kappa shape index (κ3) is 6.15. The molecule has 0 atom stereocenters. The average molecular weight is 174 g/mol. The lowest BCUT2D eigenvalue weighted by Gasteiger charge is -1.87. The Labute approximate surface area is 81.4 Å². The predicted molar refractivity (Wildman–Crippen MR) is 59.6 cm³/mol. The highest BCUT2D eigenvalue weighted by molar-refractivity contribution is 5.06. The smallest absolute Gasteiger partial charge is 0.0313 e. The normalized spacial score (nSPS) is 26.5. The number of allylic oxidation sites excluding steroid dienone is 8. The van der Waals surface area contributed by atoms with Crippen LogP contribution in [0.25, 0.3) is 0 Å². The maximum absolute atomic E-state index is 2.25. The van der Waals surface area contributed by atoms with Crippen molar-refractivity contribution in [1.29, 1.82) is 0 Å². The second kappa shape index (κ2) is 7.60. The molecule has 0 aromatic rings. The highest BCUT2D eigenvalue weighted by Crippen LogP contribution is 2.00. The lowest BCUT2D eigenvalue weighted by atomic mass is 10.2. The zero-order chi connectivity index (χ0) is 9.19. The molecule has 0 radical (unpaired) electrons. The van der Waals surface area contributed by atoms with E-state index in [0.29, 0.717) is 0 Å². The first-order valence-corrected chi connectivity index (χ1v) is 5.13. The highest BCUT2D eigenvalue weighted by atomic mass is 13.9. The molecule has 0 bridgehead atoms. The van der Waals surface area contributed by atoms with Gasteiger partial charge in [-0.2, -0.15) is 0 Å². The van der Waals surface area contributed by atoms with Crippen LogP contribution in [0.5, 0.6) is 0 Å². The third-order valence-corrected chi connectivity index (χ3v) is 2.01. The summed E-state index contributed by atoms with van der Waals surface area (Å²) in [6.45, 7) is 0. The molecular weight excluding hydrogens is 156 g/mol. The molecule has 0 aliphatic heterocycles. The van der Waals surface area contributed by atoms with E-state index in [9.17, 15) is 0 Å². The summed E-state index contributed by atoms with van der Waals surface area (Å²) < 4.78 is 0. The first kappa shape index (κ1) is 10.0. The maximum atomic E-state index is 2.25. The van der Waals surface area contributed by atoms with Crippen molar-refractivity contribution in [2.24, 2.45) is 0 Å². The summed E-state index contributed by atoms with van der Waals surface area (Å²) in [4.78, 5) is 0. The van der Waals surface area contributed by atoms with E-state index in [1.807, 2.05) is 0 Å². The van der Waals surface area contributed by atoms with Gasteiger partial charge >= 0.3 is 0 Å². The van der Waals surface area contributed by atoms with E-state index < -0.39 is 0 Å². The van der Waals surface area contributed by atoms with Gasteiger partial charge in [0.05, 0.1) is 0 Å². The van der Waals surface area contributed by atoms with Crippen molar-refractivity contribution in [3.63, 3.8) is 0 Å². The molecule has 0 aromatic carbocycles. The van der Waals surface area contributed by atoms with Crippen molar-refractivity contribution in [3.05, 3.63) is 48.6 Å². The van der Waals surface area contributed by atoms with Crippen molar-refractivity contribution in [3.8, 4) is 0 Å². The fourth-order valence-corrected chi connectivity index (χ4v) is 1.25. The minimum Gasteiger partial charge on any atom is -0.0845 e. The quantitative estimate of drug-likeness (QED) is 0.517. The Morgan fingerprint density at radius 2 is 0.846 bits per heavy atom. The van der Waals surface area contributed by atoms with E-state index in [-0.39, 0.29) is 0 Å². The molecule has 0 fully saturated rings. The summed E-state index contributed by atoms with van der Waals surface area (Å²) >= 11 is 0. The SMILES string of the molecule is C1=CCCC/C=C\C=C\CC/C=C\1. The minimum atomic E-state index is 1.15. The van der Waals surface area contributed by atoms with Crippen LogP contribution in [0, 0.1) is 0 Å². The van der Waals surface area contributed by atoms with E-state index in [0.717, 1.165) is 12.8 Å². The van der Waals surface area contributed by atoms with Crippen LogP contribution in [0.15, 0.2) is 48.6 Å². The average Bonchev–Trinajstić information content (AvgIpc) is 2.18. The molecule has 0 saturated carbocycles. The third-order valence-electron chi connectivity index (χ3n) is 2.01. The van der Waals surface area contributed by atoms with Gasteiger partial charge in [-0.15, -0.1) is 0 Å². The van der Waals surface area contributed by atoms with Crippen LogP contribution in [-0.4, -0.2) is 0 Å². The van der Waals surface area contributed by atoms with Gasteiger partial charge in [0.15, 0.2) is 0 Å². The lowest BCUT2D eigenvalue weighted by Crippen LogP contribution is -1.67. The second-order valence-electron chi connectivity index (χ2n) is 3.22. The van der Waals surface area contributed by atoms with Gasteiger partial charge in [0.1, 0.15) is 0 Å². The minimum absolute atomic E-state index is 1.15. The summed E-state index contributed by atoms with van der Waals surface area (Å²) in [6, 6.07) is 0. The van der Waals surface area contributed by atoms with Crippen molar-refractivity contribution in [2.45, 2.75) is 32.1 Å². The topological polar surface area (TPSA) is 0 Å². The van der Waals surface area contributed by atoms with Crippen molar-refractivity contribution >= 4 is 0 Å². The summed E-state index contributed by atoms with van der Waals surface area (Å²) in [5, 5.41) is 0. The van der Waals surface area contributed by atoms with Crippen LogP contribution >= 0.6 is 0 Å². The van der Waals surface area contributed by atoms with Crippen LogP contribution in [0.3, 0.4) is 0 Å². The molecule has 0 nitrogen and oxygen atoms in total. The van der Waals surface area contributed by atoms with Crippen molar-refractivity contribution in [2.75, 3.05) is 0 Å². The van der Waals surface area contributed by atoms with Gasteiger partial charge < -0.3 is 0 Å². The number of hydrogen-bond donors (Lipinski definition) is 0. The van der Waals surface area contributed by atoms with Gasteiger partial charge in [0, 0.05) is 0 Å². The summed E-state index contributed by atoms with van der Waals surface area (Å²) in [6.07, 6.45) is 23.5. The molecule has 0 amide bonds. The van der Waals surface area contributed by atoms with Crippen LogP contribution in [-0.2, 0) is 0 Å². The Kier molecular flexibility index (Phi) is 5.87. The van der Waals surface area contributed by atoms with E-state index in [2.05, 4.69) is 48.6 Å². The van der Waals surface area contributed by atoms with E-state index in [4.69, 9.17) is 0 Å². The molecule has 0 aromatic heterocycles. The van der Waals surface area contributed by atoms with E-state index in [1.165, 1.54) is 19.3 Å². The molecular formula is C13H18. The van der Waals surface area contributed by atoms with Gasteiger partial charge in [0.25, 0.3) is 0 Å². The fraction of sp³-hybridized carbons (Fsp3) is 0.385. The lowest BCUT2D eigenvalue weighted by molar-refractivity contribution is 0.868. The summed E-state index contributed by atoms with van der Waals surface area (Å²) in [7, 11) is 0. The van der Waals surface area contributed by atoms with Crippen LogP contribution in [0.2, 0.25) is 0 Å². The van der Waals surface area contributed by atoms with E-state index in [1.54, 1.807) is 0 Å². The van der Waals surface area contributed by atoms with Gasteiger partial charge in [-0.1, -0.05) is 48.6 Å². The van der Waals surface area contributed by atoms with Crippen molar-refractivity contribution < 1.29 is 0 Å². The number of rotatable bonds is 0. The molecule has 70 valence electrons. The molecule has 0 N–H and O–H groups in total. The molecule has 0 heterocycles. The fourth-order valence-electron chi connectivity index (χ4n) is 1.25. The predicted octanol–water partition coefficient (Wildman–Crippen LogP) is 4.18. The standard InChI is InChI=1S/C13H18/c1-2-4-6-8-10-12-13-11-9-7-5-3-1/h1-4,9,11-13H,5-8,10H2/b3-1-,4-2?,11-9+,13-12-. The monoisotopic (exact) mass is 174 g/mol. The molecule has 1 rings (SSSR count). The molecule has 1 aliphatic carbocycles. The Hall–Kier alpha value is -1.04. The Morgan fingerprint density at radius 1 is 0.462 bits per heavy atom. The van der Waals surface area contributed by atoms with Crippen molar-refractivity contribution in [1.82, 2.24) is 0 Å². The Balaban J connectivity index is 2.38. The second-order valence-corrected chi connectivity index (χ2v) is 3.22. The van der Waals surface area contributed by atoms with Gasteiger partial charge in [-0.25, -0.2) is 0 Å². The van der Waals surface area contributed by atoms with Gasteiger partial charge in [-0.3, -0.25) is 0 Å². The van der Waals surface area contributed by atoms with Gasteiger partial charge in [0.2, 0.25) is 0 Å². The zero-order valence-corrected chi connectivity index (χ0v) is 8.15. The van der Waals surface area contributed by atoms with Crippen LogP contribution in [0.4, 0.5) is 0 Å². The molecule has 13 heavy (non-hydrogen) atoms. The molecule has 1 aliphatic rings. The molecule has 0 heteroatoms. The number of hydrogen-bond acceptors (Lipinski definition) is 0. The van der Waals surface area contributed by atoms with E-state index >= 15 is 0 Å². The van der Waals surface area contributed by atoms with Gasteiger partial charge in [-0.05, 0) is 32.1 Å². The highest BCUT2D eigenvalue weighted by Gasteiger charge is 1.80. The van der Waals surface area contributed by atoms with Crippen LogP contribution < -0.4 is 0 Å². The Morgan fingerprint density at radius 3 is 1.31 bits per heavy atom. The molecule has 0 saturated heterocycles. The largest absolute Gasteiger partial charge is 0.0845 e. The zero-order valence-electron chi connectivity index (χ0n) is 8.15. The first-order valence-electron chi connectivity index (χ1n) is 5.13. The van der Waals surface area contributed by atoms with Crippen LogP contribution in [0.1, 0.15) is 32.1 Å².